The lowest BCUT2D eigenvalue weighted by Gasteiger charge is -2.17. The van der Waals surface area contributed by atoms with Crippen molar-refractivity contribution in [2.75, 3.05) is 20.2 Å². The van der Waals surface area contributed by atoms with Crippen LogP contribution in [-0.4, -0.2) is 37.5 Å². The first-order valence-corrected chi connectivity index (χ1v) is 4.99. The summed E-state index contributed by atoms with van der Waals surface area (Å²) >= 11 is 0. The predicted octanol–water partition coefficient (Wildman–Crippen LogP) is 0.407. The lowest BCUT2D eigenvalue weighted by atomic mass is 10.2. The maximum Gasteiger partial charge on any atom is 0.161 e. The molecule has 2 atom stereocenters. The highest BCUT2D eigenvalue weighted by atomic mass is 16.5. The van der Waals surface area contributed by atoms with Crippen molar-refractivity contribution in [2.24, 2.45) is 0 Å². The first-order chi connectivity index (χ1) is 7.31. The third-order valence-corrected chi connectivity index (χ3v) is 2.48. The van der Waals surface area contributed by atoms with E-state index in [1.807, 2.05) is 24.3 Å². The number of hydrogen-bond acceptors (Lipinski definition) is 4. The van der Waals surface area contributed by atoms with E-state index in [1.165, 1.54) is 0 Å². The van der Waals surface area contributed by atoms with Crippen molar-refractivity contribution in [2.45, 2.75) is 12.2 Å². The molecule has 0 aromatic heterocycles. The number of benzene rings is 1. The van der Waals surface area contributed by atoms with Crippen molar-refractivity contribution in [3.8, 4) is 11.5 Å². The molecule has 2 rings (SSSR count). The highest BCUT2D eigenvalue weighted by molar-refractivity contribution is 5.39. The molecule has 1 aliphatic heterocycles. The minimum absolute atomic E-state index is 0.193. The smallest absolute Gasteiger partial charge is 0.161 e. The second-order valence-corrected chi connectivity index (χ2v) is 3.53. The number of nitrogens with one attached hydrogen (secondary N) is 1. The molecule has 1 aromatic rings. The summed E-state index contributed by atoms with van der Waals surface area (Å²) in [5, 5.41) is 12.6. The molecule has 1 fully saturated rings. The van der Waals surface area contributed by atoms with Gasteiger partial charge in [-0.15, -0.1) is 0 Å². The SMILES string of the molecule is COc1ccccc1OC1CNCC1O. The molecule has 0 spiro atoms. The highest BCUT2D eigenvalue weighted by Crippen LogP contribution is 2.27. The molecule has 0 radical (unpaired) electrons. The van der Waals surface area contributed by atoms with Crippen molar-refractivity contribution in [3.05, 3.63) is 24.3 Å². The molecule has 1 aliphatic rings. The van der Waals surface area contributed by atoms with Crippen LogP contribution < -0.4 is 14.8 Å². The molecule has 4 nitrogen and oxygen atoms in total. The summed E-state index contributed by atoms with van der Waals surface area (Å²) in [6.45, 7) is 1.25. The van der Waals surface area contributed by atoms with E-state index in [1.54, 1.807) is 7.11 Å². The van der Waals surface area contributed by atoms with Crippen molar-refractivity contribution < 1.29 is 14.6 Å². The Morgan fingerprint density at radius 3 is 2.60 bits per heavy atom. The summed E-state index contributed by atoms with van der Waals surface area (Å²) in [6.07, 6.45) is -0.642. The van der Waals surface area contributed by atoms with Crippen LogP contribution in [0.1, 0.15) is 0 Å². The fourth-order valence-corrected chi connectivity index (χ4v) is 1.64. The molecule has 1 saturated heterocycles. The Morgan fingerprint density at radius 2 is 2.00 bits per heavy atom. The van der Waals surface area contributed by atoms with E-state index >= 15 is 0 Å². The molecular weight excluding hydrogens is 194 g/mol. The standard InChI is InChI=1S/C11H15NO3/c1-14-9-4-2-3-5-10(9)15-11-7-12-6-8(11)13/h2-5,8,11-13H,6-7H2,1H3. The van der Waals surface area contributed by atoms with Crippen molar-refractivity contribution in [3.63, 3.8) is 0 Å². The zero-order valence-electron chi connectivity index (χ0n) is 8.64. The topological polar surface area (TPSA) is 50.7 Å². The Kier molecular flexibility index (Phi) is 3.08. The number of hydrogen-bond donors (Lipinski definition) is 2. The van der Waals surface area contributed by atoms with E-state index < -0.39 is 6.10 Å². The number of rotatable bonds is 3. The lowest BCUT2D eigenvalue weighted by Crippen LogP contribution is -2.29. The van der Waals surface area contributed by atoms with Crippen LogP contribution in [0.2, 0.25) is 0 Å². The average molecular weight is 209 g/mol. The summed E-state index contributed by atoms with van der Waals surface area (Å²) in [5.41, 5.74) is 0. The molecule has 4 heteroatoms. The van der Waals surface area contributed by atoms with Gasteiger partial charge in [0.05, 0.1) is 7.11 Å². The monoisotopic (exact) mass is 209 g/mol. The second-order valence-electron chi connectivity index (χ2n) is 3.53. The van der Waals surface area contributed by atoms with Crippen LogP contribution in [0.5, 0.6) is 11.5 Å². The first kappa shape index (κ1) is 10.3. The van der Waals surface area contributed by atoms with Crippen LogP contribution in [-0.2, 0) is 0 Å². The van der Waals surface area contributed by atoms with Gasteiger partial charge in [0.2, 0.25) is 0 Å². The summed E-state index contributed by atoms with van der Waals surface area (Å²) in [4.78, 5) is 0. The van der Waals surface area contributed by atoms with E-state index in [-0.39, 0.29) is 6.10 Å². The van der Waals surface area contributed by atoms with Gasteiger partial charge in [-0.05, 0) is 12.1 Å². The van der Waals surface area contributed by atoms with Crippen LogP contribution in [0.4, 0.5) is 0 Å². The molecule has 2 N–H and O–H groups in total. The van der Waals surface area contributed by atoms with Gasteiger partial charge in [0.25, 0.3) is 0 Å². The summed E-state index contributed by atoms with van der Waals surface area (Å²) in [6, 6.07) is 7.44. The Morgan fingerprint density at radius 1 is 1.27 bits per heavy atom. The molecule has 0 bridgehead atoms. The molecule has 82 valence electrons. The van der Waals surface area contributed by atoms with Gasteiger partial charge in [0.1, 0.15) is 12.2 Å². The molecule has 2 unspecified atom stereocenters. The van der Waals surface area contributed by atoms with E-state index in [4.69, 9.17) is 9.47 Å². The number of aliphatic hydroxyl groups excluding tert-OH is 1. The van der Waals surface area contributed by atoms with E-state index in [2.05, 4.69) is 5.32 Å². The Bertz CT molecular complexity index is 329. The van der Waals surface area contributed by atoms with Crippen LogP contribution in [0.3, 0.4) is 0 Å². The maximum atomic E-state index is 9.59. The number of aliphatic hydroxyl groups is 1. The number of methoxy groups -OCH3 is 1. The molecular formula is C11H15NO3. The summed E-state index contributed by atoms with van der Waals surface area (Å²) < 4.78 is 10.8. The van der Waals surface area contributed by atoms with Gasteiger partial charge < -0.3 is 19.9 Å². The van der Waals surface area contributed by atoms with Gasteiger partial charge in [-0.2, -0.15) is 0 Å². The zero-order chi connectivity index (χ0) is 10.7. The Labute approximate surface area is 88.8 Å². The maximum absolute atomic E-state index is 9.59. The Balaban J connectivity index is 2.09. The number of para-hydroxylation sites is 2. The lowest BCUT2D eigenvalue weighted by molar-refractivity contribution is 0.0718. The van der Waals surface area contributed by atoms with Crippen LogP contribution >= 0.6 is 0 Å². The van der Waals surface area contributed by atoms with Gasteiger partial charge in [-0.1, -0.05) is 12.1 Å². The molecule has 0 amide bonds. The minimum atomic E-state index is -0.449. The quantitative estimate of drug-likeness (QED) is 0.757. The van der Waals surface area contributed by atoms with Gasteiger partial charge >= 0.3 is 0 Å². The van der Waals surface area contributed by atoms with Gasteiger partial charge in [0, 0.05) is 13.1 Å². The Hall–Kier alpha value is -1.26. The highest BCUT2D eigenvalue weighted by Gasteiger charge is 2.27. The van der Waals surface area contributed by atoms with E-state index in [9.17, 15) is 5.11 Å². The van der Waals surface area contributed by atoms with Crippen molar-refractivity contribution in [1.82, 2.24) is 5.32 Å². The fraction of sp³-hybridized carbons (Fsp3) is 0.455. The van der Waals surface area contributed by atoms with Crippen molar-refractivity contribution >= 4 is 0 Å². The zero-order valence-corrected chi connectivity index (χ0v) is 8.64. The van der Waals surface area contributed by atoms with Crippen LogP contribution in [0, 0.1) is 0 Å². The number of ether oxygens (including phenoxy) is 2. The number of β-amino-alcohol motifs (C(OH)–C–C–N with tert-alkyl or cyclic N) is 1. The van der Waals surface area contributed by atoms with E-state index in [0.717, 1.165) is 0 Å². The minimum Gasteiger partial charge on any atom is -0.493 e. The molecule has 0 saturated carbocycles. The van der Waals surface area contributed by atoms with Gasteiger partial charge in [-0.3, -0.25) is 0 Å². The van der Waals surface area contributed by atoms with Gasteiger partial charge in [-0.25, -0.2) is 0 Å². The normalized spacial score (nSPS) is 25.2. The third kappa shape index (κ3) is 2.22. The first-order valence-electron chi connectivity index (χ1n) is 4.99. The van der Waals surface area contributed by atoms with Crippen molar-refractivity contribution in [1.29, 1.82) is 0 Å². The summed E-state index contributed by atoms with van der Waals surface area (Å²) in [5.74, 6) is 1.37. The summed E-state index contributed by atoms with van der Waals surface area (Å²) in [7, 11) is 1.60. The molecule has 0 aliphatic carbocycles. The fourth-order valence-electron chi connectivity index (χ4n) is 1.64. The van der Waals surface area contributed by atoms with Crippen LogP contribution in [0.15, 0.2) is 24.3 Å². The molecule has 15 heavy (non-hydrogen) atoms. The molecule has 1 aromatic carbocycles. The third-order valence-electron chi connectivity index (χ3n) is 2.48. The molecule has 1 heterocycles. The average Bonchev–Trinajstić information content (AvgIpc) is 2.65. The van der Waals surface area contributed by atoms with E-state index in [0.29, 0.717) is 24.6 Å². The van der Waals surface area contributed by atoms with Gasteiger partial charge in [0.15, 0.2) is 11.5 Å². The largest absolute Gasteiger partial charge is 0.493 e. The predicted molar refractivity (Wildman–Crippen MR) is 56.3 cm³/mol. The second kappa shape index (κ2) is 4.51. The van der Waals surface area contributed by atoms with Crippen LogP contribution in [0.25, 0.3) is 0 Å².